The molecule has 0 amide bonds. The zero-order valence-electron chi connectivity index (χ0n) is 18.7. The number of carbonyl (C=O) groups excluding carboxylic acids is 2. The summed E-state index contributed by atoms with van der Waals surface area (Å²) >= 11 is 0. The summed E-state index contributed by atoms with van der Waals surface area (Å²) in [6.45, 7) is 5.06. The van der Waals surface area contributed by atoms with Crippen molar-refractivity contribution in [1.82, 2.24) is 0 Å². The largest absolute Gasteiger partial charge is 0.493 e. The van der Waals surface area contributed by atoms with E-state index in [1.807, 2.05) is 0 Å². The Bertz CT molecular complexity index is 1050. The number of rotatable bonds is 9. The smallest absolute Gasteiger partial charge is 0.453 e. The number of hydrogen-bond acceptors (Lipinski definition) is 10. The molecule has 0 fully saturated rings. The van der Waals surface area contributed by atoms with E-state index in [0.717, 1.165) is 0 Å². The second-order valence-electron chi connectivity index (χ2n) is 7.99. The summed E-state index contributed by atoms with van der Waals surface area (Å²) < 4.78 is 26.2. The molecule has 0 aromatic heterocycles. The third-order valence-electron chi connectivity index (χ3n) is 4.94. The molecule has 10 heteroatoms. The lowest BCUT2D eigenvalue weighted by Crippen LogP contribution is -2.35. The van der Waals surface area contributed by atoms with Gasteiger partial charge in [-0.2, -0.15) is 0 Å². The van der Waals surface area contributed by atoms with E-state index in [1.165, 1.54) is 13.2 Å². The van der Waals surface area contributed by atoms with Crippen LogP contribution in [0.4, 0.5) is 0 Å². The molecule has 2 aromatic rings. The summed E-state index contributed by atoms with van der Waals surface area (Å²) in [5.41, 5.74) is 1.03. The Morgan fingerprint density at radius 2 is 1.79 bits per heavy atom. The number of fused-ring (bicyclic) bond motifs is 1. The monoisotopic (exact) mass is 462 g/mol. The molecule has 10 nitrogen and oxygen atoms in total. The normalized spacial score (nSPS) is 13.2. The topological polar surface area (TPSA) is 141 Å². The van der Waals surface area contributed by atoms with E-state index in [4.69, 9.17) is 23.7 Å². The van der Waals surface area contributed by atoms with Gasteiger partial charge in [-0.15, -0.1) is 0 Å². The quantitative estimate of drug-likeness (QED) is 0.374. The Balaban J connectivity index is 2.10. The Labute approximate surface area is 190 Å². The molecule has 0 unspecified atom stereocenters. The molecule has 1 aliphatic heterocycles. The maximum atomic E-state index is 12.3. The lowest BCUT2D eigenvalue weighted by Gasteiger charge is -2.26. The zero-order valence-corrected chi connectivity index (χ0v) is 18.7. The Morgan fingerprint density at radius 1 is 1.09 bits per heavy atom. The van der Waals surface area contributed by atoms with Crippen LogP contribution in [0.25, 0.3) is 11.1 Å². The highest BCUT2D eigenvalue weighted by molar-refractivity contribution is 5.94. The summed E-state index contributed by atoms with van der Waals surface area (Å²) in [5, 5.41) is 28.4. The van der Waals surface area contributed by atoms with Crippen molar-refractivity contribution in [2.75, 3.05) is 20.3 Å². The van der Waals surface area contributed by atoms with Crippen LogP contribution in [0.3, 0.4) is 0 Å². The SMILES string of the molecule is CCOC(=O)C(C)(C)COc1c(-c2ccc3c(c2)COC3=O)ccc(OC)c1OC(O)(O)O. The van der Waals surface area contributed by atoms with E-state index >= 15 is 0 Å². The standard InChI is InChI=1S/C23H26O10/c1-5-30-21(25)22(2,3)12-32-18-15(8-9-17(29-4)19(18)33-23(26,27)28)13-6-7-16-14(10-13)11-31-20(16)24/h6-10,26-28H,5,11-12H2,1-4H3. The second-order valence-corrected chi connectivity index (χ2v) is 7.99. The molecule has 0 aliphatic carbocycles. The molecule has 0 saturated carbocycles. The van der Waals surface area contributed by atoms with Crippen LogP contribution in [0.5, 0.6) is 17.2 Å². The Hall–Kier alpha value is -3.34. The zero-order chi connectivity index (χ0) is 24.4. The highest BCUT2D eigenvalue weighted by Gasteiger charge is 2.34. The van der Waals surface area contributed by atoms with Crippen molar-refractivity contribution in [1.29, 1.82) is 0 Å². The highest BCUT2D eigenvalue weighted by Crippen LogP contribution is 2.46. The van der Waals surface area contributed by atoms with Crippen LogP contribution in [0.2, 0.25) is 0 Å². The van der Waals surface area contributed by atoms with Crippen LogP contribution in [0.15, 0.2) is 30.3 Å². The van der Waals surface area contributed by atoms with Gasteiger partial charge in [0.2, 0.25) is 5.75 Å². The maximum Gasteiger partial charge on any atom is 0.453 e. The van der Waals surface area contributed by atoms with E-state index in [-0.39, 0.29) is 37.1 Å². The number of esters is 2. The molecule has 2 aromatic carbocycles. The Kier molecular flexibility index (Phi) is 6.82. The van der Waals surface area contributed by atoms with E-state index in [1.54, 1.807) is 45.0 Å². The van der Waals surface area contributed by atoms with Gasteiger partial charge in [0.1, 0.15) is 13.2 Å². The van der Waals surface area contributed by atoms with Gasteiger partial charge in [-0.3, -0.25) is 4.79 Å². The number of ether oxygens (including phenoxy) is 5. The number of carbonyl (C=O) groups is 2. The average molecular weight is 462 g/mol. The first-order chi connectivity index (χ1) is 15.5. The summed E-state index contributed by atoms with van der Waals surface area (Å²) in [6.07, 6.45) is -3.53. The van der Waals surface area contributed by atoms with Crippen LogP contribution in [0.1, 0.15) is 36.7 Å². The third kappa shape index (κ3) is 5.36. The van der Waals surface area contributed by atoms with E-state index in [2.05, 4.69) is 0 Å². The molecule has 33 heavy (non-hydrogen) atoms. The molecule has 0 radical (unpaired) electrons. The molecule has 3 rings (SSSR count). The number of methoxy groups -OCH3 is 1. The minimum Gasteiger partial charge on any atom is -0.493 e. The maximum absolute atomic E-state index is 12.3. The van der Waals surface area contributed by atoms with Crippen molar-refractivity contribution in [3.63, 3.8) is 0 Å². The molecule has 0 saturated heterocycles. The predicted octanol–water partition coefficient (Wildman–Crippen LogP) is 1.97. The minimum atomic E-state index is -3.53. The Morgan fingerprint density at radius 3 is 2.42 bits per heavy atom. The van der Waals surface area contributed by atoms with Gasteiger partial charge in [0.25, 0.3) is 0 Å². The summed E-state index contributed by atoms with van der Waals surface area (Å²) in [5.74, 6) is -1.23. The van der Waals surface area contributed by atoms with Crippen molar-refractivity contribution in [2.24, 2.45) is 5.41 Å². The van der Waals surface area contributed by atoms with Crippen molar-refractivity contribution >= 4 is 11.9 Å². The lowest BCUT2D eigenvalue weighted by atomic mass is 9.95. The molecule has 1 aliphatic rings. The van der Waals surface area contributed by atoms with Gasteiger partial charge in [-0.25, -0.2) is 4.79 Å². The van der Waals surface area contributed by atoms with E-state index in [0.29, 0.717) is 22.3 Å². The van der Waals surface area contributed by atoms with Crippen LogP contribution < -0.4 is 14.2 Å². The summed E-state index contributed by atoms with van der Waals surface area (Å²) in [7, 11) is 1.32. The van der Waals surface area contributed by atoms with Gasteiger partial charge >= 0.3 is 18.1 Å². The van der Waals surface area contributed by atoms with Gasteiger partial charge in [0.15, 0.2) is 11.5 Å². The fourth-order valence-corrected chi connectivity index (χ4v) is 3.25. The van der Waals surface area contributed by atoms with Gasteiger partial charge in [-0.1, -0.05) is 6.07 Å². The molecular weight excluding hydrogens is 436 g/mol. The third-order valence-corrected chi connectivity index (χ3v) is 4.94. The molecule has 178 valence electrons. The number of benzene rings is 2. The predicted molar refractivity (Wildman–Crippen MR) is 113 cm³/mol. The van der Waals surface area contributed by atoms with Gasteiger partial charge in [0.05, 0.1) is 24.7 Å². The first-order valence-corrected chi connectivity index (χ1v) is 10.1. The van der Waals surface area contributed by atoms with Crippen molar-refractivity contribution in [3.05, 3.63) is 41.5 Å². The molecule has 1 heterocycles. The van der Waals surface area contributed by atoms with Crippen molar-refractivity contribution < 1.29 is 48.6 Å². The minimum absolute atomic E-state index is 0.0292. The van der Waals surface area contributed by atoms with Gasteiger partial charge in [0, 0.05) is 11.1 Å². The number of aliphatic hydroxyl groups is 3. The van der Waals surface area contributed by atoms with Crippen LogP contribution in [0, 0.1) is 5.41 Å². The van der Waals surface area contributed by atoms with E-state index < -0.39 is 23.5 Å². The number of cyclic esters (lactones) is 1. The molecule has 3 N–H and O–H groups in total. The second kappa shape index (κ2) is 9.26. The lowest BCUT2D eigenvalue weighted by molar-refractivity contribution is -0.420. The van der Waals surface area contributed by atoms with Gasteiger partial charge < -0.3 is 39.0 Å². The number of hydrogen-bond donors (Lipinski definition) is 3. The van der Waals surface area contributed by atoms with Crippen LogP contribution in [-0.4, -0.2) is 53.7 Å². The van der Waals surface area contributed by atoms with E-state index in [9.17, 15) is 24.9 Å². The van der Waals surface area contributed by atoms with Crippen molar-refractivity contribution in [2.45, 2.75) is 33.5 Å². The molecular formula is C23H26O10. The summed E-state index contributed by atoms with van der Waals surface area (Å²) in [4.78, 5) is 24.1. The first-order valence-electron chi connectivity index (χ1n) is 10.1. The van der Waals surface area contributed by atoms with Gasteiger partial charge in [-0.05, 0) is 50.6 Å². The summed E-state index contributed by atoms with van der Waals surface area (Å²) in [6, 6.07) is 8.09. The first kappa shape index (κ1) is 24.3. The van der Waals surface area contributed by atoms with Crippen LogP contribution in [-0.2, 0) is 20.9 Å². The fourth-order valence-electron chi connectivity index (χ4n) is 3.25. The highest BCUT2D eigenvalue weighted by atomic mass is 16.9. The van der Waals surface area contributed by atoms with Crippen LogP contribution >= 0.6 is 0 Å². The molecule has 0 atom stereocenters. The molecule has 0 spiro atoms. The fraction of sp³-hybridized carbons (Fsp3) is 0.391. The van der Waals surface area contributed by atoms with Crippen molar-refractivity contribution in [3.8, 4) is 28.4 Å². The molecule has 0 bridgehead atoms. The average Bonchev–Trinajstić information content (AvgIpc) is 3.11.